The molecule has 1 amide bonds. The molecule has 0 radical (unpaired) electrons. The molecule has 0 aromatic heterocycles. The number of nitrogens with one attached hydrogen (secondary N) is 1. The molecule has 25 heavy (non-hydrogen) atoms. The number of amides is 1. The molecule has 0 unspecified atom stereocenters. The molecular formula is C20H29BrN2O2. The van der Waals surface area contributed by atoms with Crippen LogP contribution in [0.25, 0.3) is 0 Å². The summed E-state index contributed by atoms with van der Waals surface area (Å²) in [5.74, 6) is 0. The van der Waals surface area contributed by atoms with Gasteiger partial charge in [-0.05, 0) is 76.5 Å². The van der Waals surface area contributed by atoms with Gasteiger partial charge in [-0.2, -0.15) is 0 Å². The van der Waals surface area contributed by atoms with Gasteiger partial charge in [0.1, 0.15) is 5.60 Å². The van der Waals surface area contributed by atoms with E-state index in [-0.39, 0.29) is 6.09 Å². The number of nitrogens with zero attached hydrogens (tertiary/aromatic N) is 1. The predicted octanol–water partition coefficient (Wildman–Crippen LogP) is 5.35. The highest BCUT2D eigenvalue weighted by Crippen LogP contribution is 2.50. The first-order valence-electron chi connectivity index (χ1n) is 9.16. The van der Waals surface area contributed by atoms with Crippen molar-refractivity contribution in [3.8, 4) is 0 Å². The topological polar surface area (TPSA) is 41.6 Å². The summed E-state index contributed by atoms with van der Waals surface area (Å²) in [5, 5.41) is 3.69. The number of piperidine rings is 1. The fourth-order valence-corrected chi connectivity index (χ4v) is 4.32. The van der Waals surface area contributed by atoms with Crippen LogP contribution in [0.1, 0.15) is 52.0 Å². The van der Waals surface area contributed by atoms with Crippen molar-refractivity contribution in [3.63, 3.8) is 0 Å². The highest BCUT2D eigenvalue weighted by molar-refractivity contribution is 9.10. The summed E-state index contributed by atoms with van der Waals surface area (Å²) in [6, 6.07) is 6.92. The number of hydrogen-bond acceptors (Lipinski definition) is 3. The Kier molecular flexibility index (Phi) is 5.06. The van der Waals surface area contributed by atoms with E-state index < -0.39 is 5.60 Å². The average Bonchev–Trinajstić information content (AvgIpc) is 2.48. The fraction of sp³-hybridized carbons (Fsp3) is 0.650. The number of carbonyl (C=O) groups is 1. The maximum absolute atomic E-state index is 12.2. The summed E-state index contributed by atoms with van der Waals surface area (Å²) in [6.45, 7) is 9.53. The molecule has 0 bridgehead atoms. The predicted molar refractivity (Wildman–Crippen MR) is 105 cm³/mol. The van der Waals surface area contributed by atoms with Gasteiger partial charge in [-0.3, -0.25) is 0 Å². The molecule has 1 aromatic carbocycles. The molecule has 1 aliphatic carbocycles. The number of hydrogen-bond donors (Lipinski definition) is 1. The molecule has 5 heteroatoms. The number of anilines is 1. The first-order chi connectivity index (χ1) is 11.7. The lowest BCUT2D eigenvalue weighted by Gasteiger charge is -2.52. The second-order valence-corrected chi connectivity index (χ2v) is 9.59. The monoisotopic (exact) mass is 408 g/mol. The smallest absolute Gasteiger partial charge is 0.410 e. The Morgan fingerprint density at radius 3 is 2.52 bits per heavy atom. The van der Waals surface area contributed by atoms with E-state index in [9.17, 15) is 4.79 Å². The number of rotatable bonds is 2. The van der Waals surface area contributed by atoms with Gasteiger partial charge in [0.25, 0.3) is 0 Å². The Hall–Kier alpha value is -1.23. The zero-order chi connectivity index (χ0) is 18.2. The largest absolute Gasteiger partial charge is 0.444 e. The zero-order valence-corrected chi connectivity index (χ0v) is 17.3. The standard InChI is InChI=1S/C20H29BrN2O2/c1-14-5-6-15(21)11-17(14)22-16-12-20(13-16)7-9-23(10-8-20)18(24)25-19(2,3)4/h5-6,11,16,22H,7-10,12-13H2,1-4H3. The molecule has 1 saturated carbocycles. The third-order valence-corrected chi connectivity index (χ3v) is 5.89. The van der Waals surface area contributed by atoms with Gasteiger partial charge in [-0.25, -0.2) is 4.79 Å². The van der Waals surface area contributed by atoms with Gasteiger partial charge in [-0.15, -0.1) is 0 Å². The van der Waals surface area contributed by atoms with Crippen molar-refractivity contribution in [2.75, 3.05) is 18.4 Å². The van der Waals surface area contributed by atoms with Gasteiger partial charge >= 0.3 is 6.09 Å². The lowest BCUT2D eigenvalue weighted by atomic mass is 9.60. The molecule has 1 saturated heterocycles. The summed E-state index contributed by atoms with van der Waals surface area (Å²) in [5.41, 5.74) is 2.50. The van der Waals surface area contributed by atoms with Crippen molar-refractivity contribution in [3.05, 3.63) is 28.2 Å². The number of likely N-dealkylation sites (tertiary alicyclic amines) is 1. The Bertz CT molecular complexity index is 638. The molecule has 1 N–H and O–H groups in total. The summed E-state index contributed by atoms with van der Waals surface area (Å²) in [4.78, 5) is 14.1. The summed E-state index contributed by atoms with van der Waals surface area (Å²) in [7, 11) is 0. The Balaban J connectivity index is 1.48. The molecule has 1 aliphatic heterocycles. The van der Waals surface area contributed by atoms with Crippen LogP contribution in [0.5, 0.6) is 0 Å². The molecule has 0 atom stereocenters. The SMILES string of the molecule is Cc1ccc(Br)cc1NC1CC2(CCN(C(=O)OC(C)(C)C)CC2)C1. The summed E-state index contributed by atoms with van der Waals surface area (Å²) >= 11 is 3.55. The van der Waals surface area contributed by atoms with Crippen LogP contribution in [-0.2, 0) is 4.74 Å². The van der Waals surface area contributed by atoms with Crippen molar-refractivity contribution in [2.24, 2.45) is 5.41 Å². The first-order valence-corrected chi connectivity index (χ1v) is 9.96. The maximum atomic E-state index is 12.2. The molecule has 1 spiro atoms. The molecule has 4 nitrogen and oxygen atoms in total. The third-order valence-electron chi connectivity index (χ3n) is 5.39. The van der Waals surface area contributed by atoms with Crippen LogP contribution in [0.2, 0.25) is 0 Å². The van der Waals surface area contributed by atoms with Crippen molar-refractivity contribution >= 4 is 27.7 Å². The van der Waals surface area contributed by atoms with Crippen molar-refractivity contribution in [2.45, 2.75) is 65.0 Å². The minimum absolute atomic E-state index is 0.166. The molecular weight excluding hydrogens is 380 g/mol. The van der Waals surface area contributed by atoms with Crippen LogP contribution in [0, 0.1) is 12.3 Å². The van der Waals surface area contributed by atoms with E-state index >= 15 is 0 Å². The van der Waals surface area contributed by atoms with Gasteiger partial charge in [0.05, 0.1) is 0 Å². The Labute approximate surface area is 159 Å². The van der Waals surface area contributed by atoms with E-state index in [4.69, 9.17) is 4.74 Å². The second-order valence-electron chi connectivity index (χ2n) is 8.68. The molecule has 2 fully saturated rings. The quantitative estimate of drug-likeness (QED) is 0.716. The normalized spacial score (nSPS) is 20.3. The van der Waals surface area contributed by atoms with Gasteiger partial charge in [-0.1, -0.05) is 22.0 Å². The molecule has 1 heterocycles. The van der Waals surface area contributed by atoms with E-state index in [1.54, 1.807) is 0 Å². The third kappa shape index (κ3) is 4.49. The molecule has 3 rings (SSSR count). The maximum Gasteiger partial charge on any atom is 0.410 e. The summed E-state index contributed by atoms with van der Waals surface area (Å²) < 4.78 is 6.60. The van der Waals surface area contributed by atoms with Crippen LogP contribution in [0.15, 0.2) is 22.7 Å². The number of aryl methyl sites for hydroxylation is 1. The van der Waals surface area contributed by atoms with E-state index in [1.165, 1.54) is 24.1 Å². The zero-order valence-electron chi connectivity index (χ0n) is 15.7. The summed E-state index contributed by atoms with van der Waals surface area (Å²) in [6.07, 6.45) is 4.40. The second kappa shape index (κ2) is 6.82. The highest BCUT2D eigenvalue weighted by Gasteiger charge is 2.46. The van der Waals surface area contributed by atoms with Gasteiger partial charge in [0.15, 0.2) is 0 Å². The minimum Gasteiger partial charge on any atom is -0.444 e. The van der Waals surface area contributed by atoms with Gasteiger partial charge < -0.3 is 15.0 Å². The number of carbonyl (C=O) groups excluding carboxylic acids is 1. The van der Waals surface area contributed by atoms with Crippen molar-refractivity contribution in [1.82, 2.24) is 4.90 Å². The number of benzene rings is 1. The van der Waals surface area contributed by atoms with Crippen LogP contribution in [-0.4, -0.2) is 35.7 Å². The number of ether oxygens (including phenoxy) is 1. The molecule has 2 aliphatic rings. The lowest BCUT2D eigenvalue weighted by molar-refractivity contribution is -0.00860. The minimum atomic E-state index is -0.417. The van der Waals surface area contributed by atoms with Crippen LogP contribution in [0.3, 0.4) is 0 Å². The first kappa shape index (κ1) is 18.6. The van der Waals surface area contributed by atoms with Gasteiger partial charge in [0, 0.05) is 29.3 Å². The van der Waals surface area contributed by atoms with E-state index in [0.29, 0.717) is 11.5 Å². The Morgan fingerprint density at radius 2 is 1.92 bits per heavy atom. The van der Waals surface area contributed by atoms with Crippen LogP contribution in [0.4, 0.5) is 10.5 Å². The molecule has 138 valence electrons. The highest BCUT2D eigenvalue weighted by atomic mass is 79.9. The lowest BCUT2D eigenvalue weighted by Crippen LogP contribution is -2.53. The van der Waals surface area contributed by atoms with Crippen LogP contribution >= 0.6 is 15.9 Å². The van der Waals surface area contributed by atoms with Crippen molar-refractivity contribution in [1.29, 1.82) is 0 Å². The fourth-order valence-electron chi connectivity index (χ4n) is 3.96. The molecule has 1 aromatic rings. The Morgan fingerprint density at radius 1 is 1.28 bits per heavy atom. The number of halogens is 1. The van der Waals surface area contributed by atoms with E-state index in [2.05, 4.69) is 46.4 Å². The van der Waals surface area contributed by atoms with Crippen molar-refractivity contribution < 1.29 is 9.53 Å². The van der Waals surface area contributed by atoms with Crippen LogP contribution < -0.4 is 5.32 Å². The van der Waals surface area contributed by atoms with E-state index in [1.807, 2.05) is 25.7 Å². The average molecular weight is 409 g/mol. The van der Waals surface area contributed by atoms with Gasteiger partial charge in [0.2, 0.25) is 0 Å². The van der Waals surface area contributed by atoms with E-state index in [0.717, 1.165) is 30.4 Å².